The number of hydrogen-bond donors (Lipinski definition) is 1. The molecule has 7 nitrogen and oxygen atoms in total. The molecule has 0 unspecified atom stereocenters. The zero-order chi connectivity index (χ0) is 24.7. The van der Waals surface area contributed by atoms with E-state index in [4.69, 9.17) is 4.52 Å². The molecule has 0 radical (unpaired) electrons. The van der Waals surface area contributed by atoms with Gasteiger partial charge in [-0.25, -0.2) is 18.2 Å². The molecular weight excluding hydrogens is 459 g/mol. The number of hydrogen-bond acceptors (Lipinski definition) is 6. The van der Waals surface area contributed by atoms with Gasteiger partial charge in [0.1, 0.15) is 23.1 Å². The van der Waals surface area contributed by atoms with E-state index in [0.717, 1.165) is 16.7 Å². The number of para-hydroxylation sites is 1. The zero-order valence-corrected chi connectivity index (χ0v) is 18.6. The van der Waals surface area contributed by atoms with Crippen molar-refractivity contribution in [2.75, 3.05) is 5.32 Å². The second kappa shape index (κ2) is 8.71. The van der Waals surface area contributed by atoms with Gasteiger partial charge in [0.05, 0.1) is 17.9 Å². The third-order valence-corrected chi connectivity index (χ3v) is 5.45. The first kappa shape index (κ1) is 22.3. The maximum absolute atomic E-state index is 14.7. The van der Waals surface area contributed by atoms with Gasteiger partial charge in [0.15, 0.2) is 11.4 Å². The molecule has 3 aromatic heterocycles. The number of nitrogens with one attached hydrogen (secondary N) is 1. The zero-order valence-electron chi connectivity index (χ0n) is 18.6. The predicted molar refractivity (Wildman–Crippen MR) is 124 cm³/mol. The Morgan fingerprint density at radius 1 is 0.971 bits per heavy atom. The number of benzene rings is 2. The summed E-state index contributed by atoms with van der Waals surface area (Å²) >= 11 is 0. The van der Waals surface area contributed by atoms with Crippen LogP contribution >= 0.6 is 0 Å². The minimum Gasteiger partial charge on any atom is -0.359 e. The highest BCUT2D eigenvalue weighted by atomic mass is 19.1. The predicted octanol–water partition coefficient (Wildman–Crippen LogP) is 5.08. The molecular formula is C25H18F3N5O2. The summed E-state index contributed by atoms with van der Waals surface area (Å²) in [5.74, 6) is -1.69. The van der Waals surface area contributed by atoms with E-state index in [9.17, 15) is 18.0 Å². The van der Waals surface area contributed by atoms with Crippen molar-refractivity contribution in [1.82, 2.24) is 19.7 Å². The molecule has 0 aliphatic rings. The molecule has 0 saturated carbocycles. The van der Waals surface area contributed by atoms with Crippen molar-refractivity contribution < 1.29 is 17.7 Å². The number of halogens is 3. The highest BCUT2D eigenvalue weighted by Gasteiger charge is 2.20. The molecule has 35 heavy (non-hydrogen) atoms. The Labute approximate surface area is 196 Å². The summed E-state index contributed by atoms with van der Waals surface area (Å²) in [4.78, 5) is 21.9. The maximum Gasteiger partial charge on any atom is 0.256 e. The number of rotatable bonds is 5. The fourth-order valence-electron chi connectivity index (χ4n) is 3.88. The normalized spacial score (nSPS) is 11.2. The van der Waals surface area contributed by atoms with Gasteiger partial charge in [0.2, 0.25) is 5.95 Å². The van der Waals surface area contributed by atoms with Crippen molar-refractivity contribution in [1.29, 1.82) is 0 Å². The van der Waals surface area contributed by atoms with Crippen LogP contribution in [0.25, 0.3) is 28.0 Å². The first-order valence-electron chi connectivity index (χ1n) is 10.6. The van der Waals surface area contributed by atoms with Crippen LogP contribution in [0.5, 0.6) is 0 Å². The number of aryl methyl sites for hydroxylation is 2. The quantitative estimate of drug-likeness (QED) is 0.380. The van der Waals surface area contributed by atoms with E-state index in [2.05, 4.69) is 20.4 Å². The van der Waals surface area contributed by atoms with Gasteiger partial charge in [-0.15, -0.1) is 0 Å². The highest BCUT2D eigenvalue weighted by molar-refractivity contribution is 5.93. The van der Waals surface area contributed by atoms with Crippen LogP contribution in [0, 0.1) is 31.3 Å². The molecule has 0 aliphatic carbocycles. The van der Waals surface area contributed by atoms with Gasteiger partial charge in [-0.2, -0.15) is 4.98 Å². The summed E-state index contributed by atoms with van der Waals surface area (Å²) in [5, 5.41) is 7.18. The van der Waals surface area contributed by atoms with Crippen LogP contribution in [0.2, 0.25) is 0 Å². The molecule has 0 fully saturated rings. The number of aromatic nitrogens is 4. The van der Waals surface area contributed by atoms with Gasteiger partial charge < -0.3 is 9.84 Å². The van der Waals surface area contributed by atoms with Crippen molar-refractivity contribution in [2.45, 2.75) is 20.4 Å². The van der Waals surface area contributed by atoms with E-state index < -0.39 is 28.7 Å². The lowest BCUT2D eigenvalue weighted by atomic mass is 10.0. The first-order chi connectivity index (χ1) is 16.8. The molecule has 176 valence electrons. The van der Waals surface area contributed by atoms with E-state index in [1.54, 1.807) is 26.0 Å². The molecule has 5 rings (SSSR count). The summed E-state index contributed by atoms with van der Waals surface area (Å²) in [6.07, 6.45) is 0. The highest BCUT2D eigenvalue weighted by Crippen LogP contribution is 2.31. The Morgan fingerprint density at radius 3 is 2.43 bits per heavy atom. The molecule has 0 saturated heterocycles. The third kappa shape index (κ3) is 4.14. The number of anilines is 1. The van der Waals surface area contributed by atoms with Gasteiger partial charge in [0, 0.05) is 23.1 Å². The van der Waals surface area contributed by atoms with E-state index in [1.807, 2.05) is 0 Å². The van der Waals surface area contributed by atoms with E-state index in [1.165, 1.54) is 30.3 Å². The standard InChI is InChI=1S/C25H18F3N5O2/c1-13-10-15(26)6-7-17(13)22-18-8-9-21(34)33(23-19(27)4-3-5-20(23)28)24(18)31-25(30-22)29-12-16-11-14(2)32-35-16/h3-11H,12H2,1-2H3,(H,29,30,31). The van der Waals surface area contributed by atoms with Crippen LogP contribution in [-0.4, -0.2) is 19.7 Å². The van der Waals surface area contributed by atoms with Crippen molar-refractivity contribution in [3.8, 4) is 16.9 Å². The molecule has 2 aromatic carbocycles. The lowest BCUT2D eigenvalue weighted by Gasteiger charge is -2.16. The van der Waals surface area contributed by atoms with Crippen LogP contribution in [0.3, 0.4) is 0 Å². The number of nitrogens with zero attached hydrogens (tertiary/aromatic N) is 4. The number of pyridine rings is 1. The van der Waals surface area contributed by atoms with Gasteiger partial charge in [-0.05, 0) is 55.8 Å². The Kier molecular flexibility index (Phi) is 5.56. The molecule has 0 amide bonds. The maximum atomic E-state index is 14.7. The van der Waals surface area contributed by atoms with Gasteiger partial charge >= 0.3 is 0 Å². The molecule has 0 bridgehead atoms. The van der Waals surface area contributed by atoms with Crippen molar-refractivity contribution in [3.05, 3.63) is 99.4 Å². The van der Waals surface area contributed by atoms with Crippen molar-refractivity contribution in [3.63, 3.8) is 0 Å². The Hall–Kier alpha value is -4.47. The van der Waals surface area contributed by atoms with Crippen LogP contribution in [0.1, 0.15) is 17.0 Å². The molecule has 5 aromatic rings. The van der Waals surface area contributed by atoms with Crippen molar-refractivity contribution in [2.24, 2.45) is 0 Å². The fraction of sp³-hybridized carbons (Fsp3) is 0.120. The first-order valence-corrected chi connectivity index (χ1v) is 10.6. The van der Waals surface area contributed by atoms with Gasteiger partial charge in [-0.3, -0.25) is 9.36 Å². The Morgan fingerprint density at radius 2 is 1.74 bits per heavy atom. The Bertz CT molecular complexity index is 1620. The SMILES string of the molecule is Cc1cc(CNc2nc(-c3ccc(F)cc3C)c3ccc(=O)n(-c4c(F)cccc4F)c3n2)on1. The molecule has 0 atom stereocenters. The third-order valence-electron chi connectivity index (χ3n) is 5.45. The summed E-state index contributed by atoms with van der Waals surface area (Å²) in [6.45, 7) is 3.65. The molecule has 0 spiro atoms. The van der Waals surface area contributed by atoms with Gasteiger partial charge in [0.25, 0.3) is 5.56 Å². The second-order valence-corrected chi connectivity index (χ2v) is 7.96. The summed E-state index contributed by atoms with van der Waals surface area (Å²) in [7, 11) is 0. The summed E-state index contributed by atoms with van der Waals surface area (Å²) in [5.41, 5.74) is 0.931. The lowest BCUT2D eigenvalue weighted by Crippen LogP contribution is -2.21. The smallest absolute Gasteiger partial charge is 0.256 e. The second-order valence-electron chi connectivity index (χ2n) is 7.96. The summed E-state index contributed by atoms with van der Waals surface area (Å²) < 4.78 is 49.3. The fourth-order valence-corrected chi connectivity index (χ4v) is 3.88. The van der Waals surface area contributed by atoms with E-state index in [0.29, 0.717) is 33.7 Å². The molecule has 10 heteroatoms. The van der Waals surface area contributed by atoms with Crippen LogP contribution in [-0.2, 0) is 6.54 Å². The topological polar surface area (TPSA) is 85.8 Å². The van der Waals surface area contributed by atoms with Crippen LogP contribution < -0.4 is 10.9 Å². The minimum absolute atomic E-state index is 0.0218. The van der Waals surface area contributed by atoms with E-state index in [-0.39, 0.29) is 18.1 Å². The lowest BCUT2D eigenvalue weighted by molar-refractivity contribution is 0.384. The van der Waals surface area contributed by atoms with Crippen LogP contribution in [0.15, 0.2) is 63.9 Å². The molecule has 0 aliphatic heterocycles. The summed E-state index contributed by atoms with van der Waals surface area (Å²) in [6, 6.07) is 11.9. The monoisotopic (exact) mass is 477 g/mol. The van der Waals surface area contributed by atoms with E-state index >= 15 is 0 Å². The molecule has 1 N–H and O–H groups in total. The minimum atomic E-state index is -0.927. The average Bonchev–Trinajstić information content (AvgIpc) is 3.23. The van der Waals surface area contributed by atoms with Crippen molar-refractivity contribution >= 4 is 17.0 Å². The average molecular weight is 477 g/mol. The molecule has 3 heterocycles. The van der Waals surface area contributed by atoms with Gasteiger partial charge in [-0.1, -0.05) is 11.2 Å². The largest absolute Gasteiger partial charge is 0.359 e. The number of fused-ring (bicyclic) bond motifs is 1. The Balaban J connectivity index is 1.79. The van der Waals surface area contributed by atoms with Crippen LogP contribution in [0.4, 0.5) is 19.1 Å².